The second-order valence-electron chi connectivity index (χ2n) is 9.49. The zero-order chi connectivity index (χ0) is 26.2. The predicted octanol–water partition coefficient (Wildman–Crippen LogP) is 5.70. The van der Waals surface area contributed by atoms with Crippen molar-refractivity contribution >= 4 is 0 Å². The van der Waals surface area contributed by atoms with Crippen LogP contribution in [0.5, 0.6) is 0 Å². The van der Waals surface area contributed by atoms with Gasteiger partial charge in [-0.3, -0.25) is 0 Å². The number of rotatable bonds is 10. The fourth-order valence-corrected chi connectivity index (χ4v) is 5.11. The van der Waals surface area contributed by atoms with Gasteiger partial charge in [-0.05, 0) is 22.3 Å². The first-order valence-electron chi connectivity index (χ1n) is 13.0. The highest BCUT2D eigenvalue weighted by molar-refractivity contribution is 5.47. The van der Waals surface area contributed by atoms with E-state index in [0.29, 0.717) is 13.0 Å². The van der Waals surface area contributed by atoms with Crippen LogP contribution < -0.4 is 0 Å². The fourth-order valence-electron chi connectivity index (χ4n) is 5.11. The molecule has 0 aromatic heterocycles. The van der Waals surface area contributed by atoms with Gasteiger partial charge in [-0.15, -0.1) is 0 Å². The maximum absolute atomic E-state index is 11.3. The van der Waals surface area contributed by atoms with Crippen LogP contribution in [-0.2, 0) is 31.2 Å². The number of methoxy groups -OCH3 is 1. The second-order valence-corrected chi connectivity index (χ2v) is 9.49. The Balaban J connectivity index is 1.45. The molecule has 1 saturated heterocycles. The Labute approximate surface area is 224 Å². The number of hydrogen-bond donors (Lipinski definition) is 1. The lowest BCUT2D eigenvalue weighted by Crippen LogP contribution is -2.52. The number of aliphatic hydroxyl groups is 1. The summed E-state index contributed by atoms with van der Waals surface area (Å²) in [6.45, 7) is 0.527. The largest absolute Gasteiger partial charge is 0.388 e. The molecular formula is C33H34O5. The molecule has 0 saturated carbocycles. The van der Waals surface area contributed by atoms with Gasteiger partial charge in [0.05, 0.1) is 19.3 Å². The van der Waals surface area contributed by atoms with Gasteiger partial charge in [0.1, 0.15) is 17.8 Å². The van der Waals surface area contributed by atoms with Gasteiger partial charge < -0.3 is 24.1 Å². The zero-order valence-corrected chi connectivity index (χ0v) is 21.6. The Kier molecular flexibility index (Phi) is 8.64. The molecule has 196 valence electrons. The minimum absolute atomic E-state index is 0.130. The van der Waals surface area contributed by atoms with Crippen LogP contribution in [0.15, 0.2) is 121 Å². The smallest absolute Gasteiger partial charge is 0.160 e. The number of aliphatic hydroxyl groups excluding tert-OH is 1. The van der Waals surface area contributed by atoms with Crippen molar-refractivity contribution in [2.24, 2.45) is 0 Å². The molecule has 0 amide bonds. The molecular weight excluding hydrogens is 476 g/mol. The maximum Gasteiger partial charge on any atom is 0.160 e. The van der Waals surface area contributed by atoms with Crippen LogP contribution in [0.25, 0.3) is 0 Å². The summed E-state index contributed by atoms with van der Waals surface area (Å²) in [4.78, 5) is 0. The maximum atomic E-state index is 11.3. The van der Waals surface area contributed by atoms with Gasteiger partial charge >= 0.3 is 0 Å². The molecule has 0 unspecified atom stereocenters. The van der Waals surface area contributed by atoms with Gasteiger partial charge in [0.15, 0.2) is 6.29 Å². The molecule has 38 heavy (non-hydrogen) atoms. The summed E-state index contributed by atoms with van der Waals surface area (Å²) in [5, 5.41) is 11.3. The lowest BCUT2D eigenvalue weighted by Gasteiger charge is -2.41. The summed E-state index contributed by atoms with van der Waals surface area (Å²) >= 11 is 0. The molecule has 1 fully saturated rings. The number of hydrogen-bond acceptors (Lipinski definition) is 5. The van der Waals surface area contributed by atoms with Gasteiger partial charge in [-0.1, -0.05) is 121 Å². The van der Waals surface area contributed by atoms with Crippen molar-refractivity contribution in [3.8, 4) is 0 Å². The summed E-state index contributed by atoms with van der Waals surface area (Å²) in [5.41, 5.74) is 3.10. The molecule has 0 bridgehead atoms. The van der Waals surface area contributed by atoms with E-state index in [9.17, 15) is 5.11 Å². The Morgan fingerprint density at radius 1 is 0.737 bits per heavy atom. The van der Waals surface area contributed by atoms with E-state index in [0.717, 1.165) is 22.3 Å². The summed E-state index contributed by atoms with van der Waals surface area (Å²) in [6, 6.07) is 40.4. The van der Waals surface area contributed by atoms with E-state index >= 15 is 0 Å². The minimum Gasteiger partial charge on any atom is -0.388 e. The molecule has 0 radical (unpaired) electrons. The topological polar surface area (TPSA) is 57.2 Å². The minimum atomic E-state index is -0.909. The fraction of sp³-hybridized carbons (Fsp3) is 0.273. The highest BCUT2D eigenvalue weighted by Gasteiger charge is 2.43. The lowest BCUT2D eigenvalue weighted by atomic mass is 9.80. The van der Waals surface area contributed by atoms with E-state index in [4.69, 9.17) is 18.9 Å². The summed E-state index contributed by atoms with van der Waals surface area (Å²) in [5.74, 6) is 0. The molecule has 5 rings (SSSR count). The first kappa shape index (κ1) is 26.3. The van der Waals surface area contributed by atoms with Crippen LogP contribution in [-0.4, -0.2) is 43.4 Å². The molecule has 1 heterocycles. The predicted molar refractivity (Wildman–Crippen MR) is 146 cm³/mol. The first-order chi connectivity index (χ1) is 18.7. The van der Waals surface area contributed by atoms with Crippen molar-refractivity contribution in [2.75, 3.05) is 13.7 Å². The Hall–Kier alpha value is -3.32. The van der Waals surface area contributed by atoms with Gasteiger partial charge in [-0.25, -0.2) is 0 Å². The van der Waals surface area contributed by atoms with Gasteiger partial charge in [0, 0.05) is 13.5 Å². The molecule has 4 atom stereocenters. The highest BCUT2D eigenvalue weighted by Crippen LogP contribution is 2.41. The molecule has 0 spiro atoms. The third-order valence-corrected chi connectivity index (χ3v) is 7.09. The molecule has 1 N–H and O–H groups in total. The van der Waals surface area contributed by atoms with E-state index < -0.39 is 30.2 Å². The average molecular weight is 511 g/mol. The van der Waals surface area contributed by atoms with Crippen LogP contribution in [0.4, 0.5) is 0 Å². The van der Waals surface area contributed by atoms with Crippen molar-refractivity contribution in [3.63, 3.8) is 0 Å². The van der Waals surface area contributed by atoms with Gasteiger partial charge in [0.2, 0.25) is 0 Å². The quantitative estimate of drug-likeness (QED) is 0.277. The van der Waals surface area contributed by atoms with Crippen LogP contribution in [0.2, 0.25) is 0 Å². The SMILES string of the molecule is CO[C@H]1C[C@H](OCc2ccccc2)[C@H](O)[C@@H](COC(c2ccccc2)(c2ccccc2)c2ccccc2)O1. The number of benzene rings is 4. The summed E-state index contributed by atoms with van der Waals surface area (Å²) in [7, 11) is 1.61. The van der Waals surface area contributed by atoms with Crippen molar-refractivity contribution in [1.82, 2.24) is 0 Å². The Morgan fingerprint density at radius 3 is 1.68 bits per heavy atom. The standard InChI is InChI=1S/C33H34O5/c1-35-31-22-29(36-23-25-14-6-2-7-15-25)32(34)30(38-31)24-37-33(26-16-8-3-9-17-26,27-18-10-4-11-19-27)28-20-12-5-13-21-28/h2-21,29-32,34H,22-24H2,1H3/t29-,30+,31+,32-/m0/s1. The van der Waals surface area contributed by atoms with Crippen molar-refractivity contribution < 1.29 is 24.1 Å². The van der Waals surface area contributed by atoms with E-state index in [1.54, 1.807) is 7.11 Å². The molecule has 4 aromatic carbocycles. The lowest BCUT2D eigenvalue weighted by molar-refractivity contribution is -0.265. The average Bonchev–Trinajstić information content (AvgIpc) is 2.99. The van der Waals surface area contributed by atoms with Crippen LogP contribution in [0, 0.1) is 0 Å². The monoisotopic (exact) mass is 510 g/mol. The number of ether oxygens (including phenoxy) is 4. The van der Waals surface area contributed by atoms with E-state index in [1.165, 1.54) is 0 Å². The highest BCUT2D eigenvalue weighted by atomic mass is 16.7. The molecule has 1 aliphatic rings. The summed E-state index contributed by atoms with van der Waals surface area (Å²) < 4.78 is 24.8. The Bertz CT molecular complexity index is 1140. The van der Waals surface area contributed by atoms with E-state index in [1.807, 2.05) is 84.9 Å². The zero-order valence-electron chi connectivity index (χ0n) is 21.6. The first-order valence-corrected chi connectivity index (χ1v) is 13.0. The van der Waals surface area contributed by atoms with E-state index in [-0.39, 0.29) is 6.61 Å². The van der Waals surface area contributed by atoms with Crippen LogP contribution in [0.1, 0.15) is 28.7 Å². The van der Waals surface area contributed by atoms with Crippen molar-refractivity contribution in [2.45, 2.75) is 43.2 Å². The van der Waals surface area contributed by atoms with Gasteiger partial charge in [0.25, 0.3) is 0 Å². The molecule has 5 nitrogen and oxygen atoms in total. The molecule has 4 aromatic rings. The normalized spacial score (nSPS) is 21.7. The second kappa shape index (κ2) is 12.5. The van der Waals surface area contributed by atoms with Gasteiger partial charge in [-0.2, -0.15) is 0 Å². The van der Waals surface area contributed by atoms with Crippen LogP contribution >= 0.6 is 0 Å². The third-order valence-electron chi connectivity index (χ3n) is 7.09. The molecule has 1 aliphatic heterocycles. The molecule has 5 heteroatoms. The van der Waals surface area contributed by atoms with Crippen molar-refractivity contribution in [1.29, 1.82) is 0 Å². The van der Waals surface area contributed by atoms with E-state index in [2.05, 4.69) is 36.4 Å². The third kappa shape index (κ3) is 5.73. The molecule has 0 aliphatic carbocycles. The Morgan fingerprint density at radius 2 is 1.21 bits per heavy atom. The van der Waals surface area contributed by atoms with Crippen molar-refractivity contribution in [3.05, 3.63) is 144 Å². The van der Waals surface area contributed by atoms with Crippen LogP contribution in [0.3, 0.4) is 0 Å². The summed E-state index contributed by atoms with van der Waals surface area (Å²) in [6.07, 6.45) is -2.06.